The molecular weight excluding hydrogens is 320 g/mol. The van der Waals surface area contributed by atoms with Gasteiger partial charge in [-0.3, -0.25) is 19.5 Å². The van der Waals surface area contributed by atoms with E-state index in [4.69, 9.17) is 5.11 Å². The molecule has 0 atom stereocenters. The summed E-state index contributed by atoms with van der Waals surface area (Å²) >= 11 is 0. The molecule has 1 aromatic rings. The van der Waals surface area contributed by atoms with Crippen LogP contribution in [0.3, 0.4) is 0 Å². The topological polar surface area (TPSA) is 85.8 Å². The van der Waals surface area contributed by atoms with E-state index in [2.05, 4.69) is 15.2 Å². The quantitative estimate of drug-likeness (QED) is 0.736. The summed E-state index contributed by atoms with van der Waals surface area (Å²) in [6, 6.07) is 2.18. The first-order valence-electron chi connectivity index (χ1n) is 8.82. The average Bonchev–Trinajstić information content (AvgIpc) is 3.33. The number of amides is 1. The largest absolute Gasteiger partial charge is 0.480 e. The van der Waals surface area contributed by atoms with Crippen molar-refractivity contribution in [2.45, 2.75) is 37.8 Å². The molecule has 2 saturated carbocycles. The number of carbonyl (C=O) groups is 2. The number of nitrogens with one attached hydrogen (secondary N) is 1. The SMILES string of the molecule is CN(C)c1ccncc1C(=O)NC1CC(N(CC(=O)O)CC2CC2)C1. The van der Waals surface area contributed by atoms with E-state index < -0.39 is 5.97 Å². The van der Waals surface area contributed by atoms with Crippen molar-refractivity contribution in [1.82, 2.24) is 15.2 Å². The number of carboxylic acids is 1. The molecule has 3 rings (SSSR count). The number of carboxylic acid groups (broad SMARTS) is 1. The van der Waals surface area contributed by atoms with Gasteiger partial charge in [-0.25, -0.2) is 0 Å². The maximum Gasteiger partial charge on any atom is 0.317 e. The third-order valence-corrected chi connectivity index (χ3v) is 5.02. The number of carbonyl (C=O) groups excluding carboxylic acids is 1. The molecule has 0 spiro atoms. The predicted octanol–water partition coefficient (Wildman–Crippen LogP) is 1.20. The Hall–Kier alpha value is -2.15. The zero-order valence-corrected chi connectivity index (χ0v) is 14.8. The summed E-state index contributed by atoms with van der Waals surface area (Å²) in [5.74, 6) is -0.239. The van der Waals surface area contributed by atoms with E-state index in [1.54, 1.807) is 12.4 Å². The van der Waals surface area contributed by atoms with Crippen LogP contribution in [0.1, 0.15) is 36.0 Å². The summed E-state index contributed by atoms with van der Waals surface area (Å²) in [7, 11) is 3.79. The number of rotatable bonds is 8. The van der Waals surface area contributed by atoms with Crippen molar-refractivity contribution in [1.29, 1.82) is 0 Å². The van der Waals surface area contributed by atoms with Gasteiger partial charge in [0.2, 0.25) is 0 Å². The molecule has 136 valence electrons. The van der Waals surface area contributed by atoms with Crippen molar-refractivity contribution < 1.29 is 14.7 Å². The first-order chi connectivity index (χ1) is 11.9. The van der Waals surface area contributed by atoms with Gasteiger partial charge < -0.3 is 15.3 Å². The molecule has 0 aliphatic heterocycles. The van der Waals surface area contributed by atoms with Gasteiger partial charge in [-0.1, -0.05) is 0 Å². The molecule has 1 heterocycles. The molecule has 0 radical (unpaired) electrons. The van der Waals surface area contributed by atoms with Crippen LogP contribution in [0.25, 0.3) is 0 Å². The van der Waals surface area contributed by atoms with Crippen LogP contribution in [-0.4, -0.2) is 66.1 Å². The van der Waals surface area contributed by atoms with E-state index >= 15 is 0 Å². The van der Waals surface area contributed by atoms with Crippen molar-refractivity contribution in [3.05, 3.63) is 24.0 Å². The van der Waals surface area contributed by atoms with Crippen LogP contribution < -0.4 is 10.2 Å². The average molecular weight is 346 g/mol. The number of aromatic nitrogens is 1. The second-order valence-corrected chi connectivity index (χ2v) is 7.35. The van der Waals surface area contributed by atoms with E-state index in [1.165, 1.54) is 12.8 Å². The van der Waals surface area contributed by atoms with Crippen LogP contribution in [0.15, 0.2) is 18.5 Å². The van der Waals surface area contributed by atoms with Gasteiger partial charge in [-0.05, 0) is 37.7 Å². The number of pyridine rings is 1. The minimum absolute atomic E-state index is 0.0925. The van der Waals surface area contributed by atoms with Crippen LogP contribution in [-0.2, 0) is 4.79 Å². The molecule has 1 amide bonds. The highest BCUT2D eigenvalue weighted by Crippen LogP contribution is 2.34. The van der Waals surface area contributed by atoms with Gasteiger partial charge in [0.1, 0.15) is 0 Å². The fourth-order valence-corrected chi connectivity index (χ4v) is 3.37. The zero-order chi connectivity index (χ0) is 18.0. The van der Waals surface area contributed by atoms with E-state index in [0.29, 0.717) is 11.5 Å². The third-order valence-electron chi connectivity index (χ3n) is 5.02. The summed E-state index contributed by atoms with van der Waals surface area (Å²) in [5, 5.41) is 12.2. The lowest BCUT2D eigenvalue weighted by atomic mass is 9.85. The Labute approximate surface area is 148 Å². The van der Waals surface area contributed by atoms with Crippen molar-refractivity contribution in [2.24, 2.45) is 5.92 Å². The Kier molecular flexibility index (Phi) is 5.22. The Morgan fingerprint density at radius 3 is 2.64 bits per heavy atom. The number of nitrogens with zero attached hydrogens (tertiary/aromatic N) is 3. The molecule has 25 heavy (non-hydrogen) atoms. The van der Waals surface area contributed by atoms with Crippen molar-refractivity contribution in [2.75, 3.05) is 32.1 Å². The highest BCUT2D eigenvalue weighted by molar-refractivity contribution is 5.99. The first-order valence-corrected chi connectivity index (χ1v) is 8.82. The van der Waals surface area contributed by atoms with Crippen molar-refractivity contribution in [3.8, 4) is 0 Å². The van der Waals surface area contributed by atoms with Crippen molar-refractivity contribution >= 4 is 17.6 Å². The van der Waals surface area contributed by atoms with E-state index in [0.717, 1.165) is 25.1 Å². The summed E-state index contributed by atoms with van der Waals surface area (Å²) in [4.78, 5) is 31.6. The monoisotopic (exact) mass is 346 g/mol. The fourth-order valence-electron chi connectivity index (χ4n) is 3.37. The molecule has 0 bridgehead atoms. The van der Waals surface area contributed by atoms with Crippen LogP contribution in [0.5, 0.6) is 0 Å². The Balaban J connectivity index is 1.54. The summed E-state index contributed by atoms with van der Waals surface area (Å²) < 4.78 is 0. The number of anilines is 1. The van der Waals surface area contributed by atoms with Gasteiger partial charge in [0.15, 0.2) is 0 Å². The molecule has 2 fully saturated rings. The highest BCUT2D eigenvalue weighted by atomic mass is 16.4. The summed E-state index contributed by atoms with van der Waals surface area (Å²) in [6.07, 6.45) is 7.29. The molecule has 0 aromatic carbocycles. The van der Waals surface area contributed by atoms with Crippen LogP contribution in [0.2, 0.25) is 0 Å². The van der Waals surface area contributed by atoms with Gasteiger partial charge in [-0.2, -0.15) is 0 Å². The minimum atomic E-state index is -0.779. The first kappa shape index (κ1) is 17.7. The number of hydrogen-bond acceptors (Lipinski definition) is 5. The van der Waals surface area contributed by atoms with Gasteiger partial charge in [-0.15, -0.1) is 0 Å². The second kappa shape index (κ2) is 7.39. The molecule has 2 aliphatic carbocycles. The highest BCUT2D eigenvalue weighted by Gasteiger charge is 2.38. The van der Waals surface area contributed by atoms with E-state index in [-0.39, 0.29) is 24.5 Å². The van der Waals surface area contributed by atoms with E-state index in [9.17, 15) is 9.59 Å². The molecule has 0 saturated heterocycles. The fraction of sp³-hybridized carbons (Fsp3) is 0.611. The van der Waals surface area contributed by atoms with Gasteiger partial charge in [0.25, 0.3) is 5.91 Å². The summed E-state index contributed by atoms with van der Waals surface area (Å²) in [5.41, 5.74) is 1.40. The normalized spacial score (nSPS) is 22.4. The molecule has 0 unspecified atom stereocenters. The number of hydrogen-bond donors (Lipinski definition) is 2. The zero-order valence-electron chi connectivity index (χ0n) is 14.8. The molecule has 7 nitrogen and oxygen atoms in total. The number of aliphatic carboxylic acids is 1. The van der Waals surface area contributed by atoms with E-state index in [1.807, 2.05) is 25.1 Å². The molecular formula is C18H26N4O3. The Morgan fingerprint density at radius 2 is 2.04 bits per heavy atom. The molecule has 1 aromatic heterocycles. The molecule has 2 aliphatic rings. The van der Waals surface area contributed by atoms with Gasteiger partial charge in [0.05, 0.1) is 17.8 Å². The third kappa shape index (κ3) is 4.48. The molecule has 7 heteroatoms. The standard InChI is InChI=1S/C18H26N4O3/c1-21(2)16-5-6-19-9-15(16)18(25)20-13-7-14(8-13)22(11-17(23)24)10-12-3-4-12/h5-6,9,12-14H,3-4,7-8,10-11H2,1-2H3,(H,20,25)(H,23,24). The smallest absolute Gasteiger partial charge is 0.317 e. The predicted molar refractivity (Wildman–Crippen MR) is 94.8 cm³/mol. The lowest BCUT2D eigenvalue weighted by molar-refractivity contribution is -0.139. The van der Waals surface area contributed by atoms with Crippen molar-refractivity contribution in [3.63, 3.8) is 0 Å². The lowest BCUT2D eigenvalue weighted by Gasteiger charge is -2.42. The molecule has 2 N–H and O–H groups in total. The Morgan fingerprint density at radius 1 is 1.32 bits per heavy atom. The van der Waals surface area contributed by atoms with Gasteiger partial charge in [0, 0.05) is 45.1 Å². The lowest BCUT2D eigenvalue weighted by Crippen LogP contribution is -2.55. The van der Waals surface area contributed by atoms with Crippen LogP contribution in [0, 0.1) is 5.92 Å². The maximum absolute atomic E-state index is 12.5. The minimum Gasteiger partial charge on any atom is -0.480 e. The summed E-state index contributed by atoms with van der Waals surface area (Å²) in [6.45, 7) is 0.959. The Bertz CT molecular complexity index is 639. The maximum atomic E-state index is 12.5. The van der Waals surface area contributed by atoms with Gasteiger partial charge >= 0.3 is 5.97 Å². The van der Waals surface area contributed by atoms with Crippen LogP contribution >= 0.6 is 0 Å². The van der Waals surface area contributed by atoms with Crippen LogP contribution in [0.4, 0.5) is 5.69 Å². The second-order valence-electron chi connectivity index (χ2n) is 7.35.